The number of amides is 1. The first-order valence-electron chi connectivity index (χ1n) is 9.69. The van der Waals surface area contributed by atoms with Gasteiger partial charge in [-0.1, -0.05) is 18.2 Å². The van der Waals surface area contributed by atoms with Crippen LogP contribution in [0, 0.1) is 6.92 Å². The van der Waals surface area contributed by atoms with Gasteiger partial charge in [0.15, 0.2) is 0 Å². The number of benzene rings is 1. The number of carbonyl (C=O) groups excluding carboxylic acids is 1. The molecule has 5 nitrogen and oxygen atoms in total. The van der Waals surface area contributed by atoms with Gasteiger partial charge in [-0.15, -0.1) is 0 Å². The van der Waals surface area contributed by atoms with Crippen LogP contribution in [-0.4, -0.2) is 66.0 Å². The molecule has 3 heterocycles. The van der Waals surface area contributed by atoms with Crippen LogP contribution in [0.25, 0.3) is 0 Å². The summed E-state index contributed by atoms with van der Waals surface area (Å²) < 4.78 is 0. The van der Waals surface area contributed by atoms with Gasteiger partial charge in [-0.3, -0.25) is 9.69 Å². The zero-order valence-corrected chi connectivity index (χ0v) is 15.5. The zero-order chi connectivity index (χ0) is 17.9. The standard InChI is InChI=1S/C21H28N4O/c1-17-14-20(22-15-17)21(26)25-9-5-8-19(16-25)24-12-10-23(11-13-24)18-6-3-2-4-7-18/h2-4,6-7,14-15,19,22H,5,8-13,16H2,1H3. The molecule has 0 bridgehead atoms. The third-order valence-corrected chi connectivity index (χ3v) is 5.69. The number of para-hydroxylation sites is 1. The minimum Gasteiger partial charge on any atom is -0.369 e. The third kappa shape index (κ3) is 3.63. The largest absolute Gasteiger partial charge is 0.369 e. The highest BCUT2D eigenvalue weighted by Gasteiger charge is 2.30. The lowest BCUT2D eigenvalue weighted by molar-refractivity contribution is 0.0559. The van der Waals surface area contributed by atoms with Crippen molar-refractivity contribution < 1.29 is 4.79 Å². The minimum absolute atomic E-state index is 0.144. The van der Waals surface area contributed by atoms with Crippen LogP contribution in [0.2, 0.25) is 0 Å². The Bertz CT molecular complexity index is 733. The van der Waals surface area contributed by atoms with Gasteiger partial charge in [-0.25, -0.2) is 0 Å². The second-order valence-corrected chi connectivity index (χ2v) is 7.50. The highest BCUT2D eigenvalue weighted by molar-refractivity contribution is 5.92. The molecule has 1 amide bonds. The smallest absolute Gasteiger partial charge is 0.270 e. The van der Waals surface area contributed by atoms with Gasteiger partial charge in [0.2, 0.25) is 0 Å². The average Bonchev–Trinajstić information content (AvgIpc) is 3.15. The molecular formula is C21H28N4O. The van der Waals surface area contributed by atoms with E-state index in [1.54, 1.807) is 0 Å². The van der Waals surface area contributed by atoms with E-state index in [1.807, 2.05) is 24.1 Å². The quantitative estimate of drug-likeness (QED) is 0.924. The normalized spacial score (nSPS) is 21.8. The summed E-state index contributed by atoms with van der Waals surface area (Å²) in [7, 11) is 0. The number of rotatable bonds is 3. The van der Waals surface area contributed by atoms with Crippen molar-refractivity contribution in [3.05, 3.63) is 53.9 Å². The highest BCUT2D eigenvalue weighted by Crippen LogP contribution is 2.22. The Morgan fingerprint density at radius 1 is 1.08 bits per heavy atom. The number of piperazine rings is 1. The molecule has 138 valence electrons. The number of likely N-dealkylation sites (tertiary alicyclic amines) is 1. The van der Waals surface area contributed by atoms with Gasteiger partial charge in [0.1, 0.15) is 5.69 Å². The van der Waals surface area contributed by atoms with E-state index in [9.17, 15) is 4.79 Å². The zero-order valence-electron chi connectivity index (χ0n) is 15.5. The van der Waals surface area contributed by atoms with E-state index >= 15 is 0 Å². The van der Waals surface area contributed by atoms with Crippen LogP contribution in [0.15, 0.2) is 42.6 Å². The van der Waals surface area contributed by atoms with E-state index in [0.29, 0.717) is 6.04 Å². The molecule has 0 spiro atoms. The number of piperidine rings is 1. The first kappa shape index (κ1) is 17.2. The maximum absolute atomic E-state index is 12.7. The number of hydrogen-bond donors (Lipinski definition) is 1. The average molecular weight is 352 g/mol. The molecule has 2 fully saturated rings. The second-order valence-electron chi connectivity index (χ2n) is 7.50. The van der Waals surface area contributed by atoms with Crippen molar-refractivity contribution in [3.63, 3.8) is 0 Å². The number of aromatic amines is 1. The summed E-state index contributed by atoms with van der Waals surface area (Å²) in [5.41, 5.74) is 3.14. The van der Waals surface area contributed by atoms with Gasteiger partial charge in [0.25, 0.3) is 5.91 Å². The number of anilines is 1. The summed E-state index contributed by atoms with van der Waals surface area (Å²) >= 11 is 0. The second kappa shape index (κ2) is 7.54. The van der Waals surface area contributed by atoms with Gasteiger partial charge < -0.3 is 14.8 Å². The van der Waals surface area contributed by atoms with Crippen LogP contribution in [-0.2, 0) is 0 Å². The van der Waals surface area contributed by atoms with Crippen molar-refractivity contribution in [2.75, 3.05) is 44.2 Å². The van der Waals surface area contributed by atoms with Crippen molar-refractivity contribution >= 4 is 11.6 Å². The fraction of sp³-hybridized carbons (Fsp3) is 0.476. The molecule has 1 N–H and O–H groups in total. The Kier molecular flexibility index (Phi) is 4.98. The van der Waals surface area contributed by atoms with E-state index in [1.165, 1.54) is 12.1 Å². The summed E-state index contributed by atoms with van der Waals surface area (Å²) in [5.74, 6) is 0.144. The first-order chi connectivity index (χ1) is 12.7. The molecule has 0 saturated carbocycles. The predicted molar refractivity (Wildman–Crippen MR) is 105 cm³/mol. The summed E-state index contributed by atoms with van der Waals surface area (Å²) in [6.07, 6.45) is 4.19. The summed E-state index contributed by atoms with van der Waals surface area (Å²) in [4.78, 5) is 22.9. The van der Waals surface area contributed by atoms with Crippen LogP contribution in [0.1, 0.15) is 28.9 Å². The van der Waals surface area contributed by atoms with E-state index < -0.39 is 0 Å². The number of hydrogen-bond acceptors (Lipinski definition) is 3. The van der Waals surface area contributed by atoms with Gasteiger partial charge in [-0.05, 0) is 43.5 Å². The van der Waals surface area contributed by atoms with Gasteiger partial charge in [0.05, 0.1) is 0 Å². The molecular weight excluding hydrogens is 324 g/mol. The number of carbonyl (C=O) groups is 1. The van der Waals surface area contributed by atoms with Crippen molar-refractivity contribution in [1.82, 2.24) is 14.8 Å². The Morgan fingerprint density at radius 3 is 2.54 bits per heavy atom. The highest BCUT2D eigenvalue weighted by atomic mass is 16.2. The number of aromatic nitrogens is 1. The molecule has 1 aromatic carbocycles. The molecule has 2 aliphatic rings. The van der Waals surface area contributed by atoms with E-state index in [-0.39, 0.29) is 5.91 Å². The topological polar surface area (TPSA) is 42.6 Å². The molecule has 26 heavy (non-hydrogen) atoms. The third-order valence-electron chi connectivity index (χ3n) is 5.69. The lowest BCUT2D eigenvalue weighted by Gasteiger charge is -2.43. The number of H-pyrrole nitrogens is 1. The van der Waals surface area contributed by atoms with E-state index in [4.69, 9.17) is 0 Å². The first-order valence-corrected chi connectivity index (χ1v) is 9.69. The van der Waals surface area contributed by atoms with E-state index in [0.717, 1.165) is 56.9 Å². The van der Waals surface area contributed by atoms with Crippen LogP contribution >= 0.6 is 0 Å². The SMILES string of the molecule is Cc1c[nH]c(C(=O)N2CCCC(N3CCN(c4ccccc4)CC3)C2)c1. The van der Waals surface area contributed by atoms with Crippen LogP contribution < -0.4 is 4.90 Å². The molecule has 5 heteroatoms. The van der Waals surface area contributed by atoms with Crippen molar-refractivity contribution in [2.24, 2.45) is 0 Å². The Labute approximate surface area is 155 Å². The molecule has 0 aliphatic carbocycles. The van der Waals surface area contributed by atoms with Crippen molar-refractivity contribution in [1.29, 1.82) is 0 Å². The van der Waals surface area contributed by atoms with Crippen LogP contribution in [0.4, 0.5) is 5.69 Å². The molecule has 2 saturated heterocycles. The summed E-state index contributed by atoms with van der Waals surface area (Å²) in [6, 6.07) is 13.1. The molecule has 1 unspecified atom stereocenters. The van der Waals surface area contributed by atoms with Crippen molar-refractivity contribution in [3.8, 4) is 0 Å². The van der Waals surface area contributed by atoms with Gasteiger partial charge in [0, 0.05) is 57.2 Å². The lowest BCUT2D eigenvalue weighted by Crippen LogP contribution is -2.55. The molecule has 2 aliphatic heterocycles. The molecule has 0 radical (unpaired) electrons. The van der Waals surface area contributed by atoms with Gasteiger partial charge in [-0.2, -0.15) is 0 Å². The maximum Gasteiger partial charge on any atom is 0.270 e. The van der Waals surface area contributed by atoms with Crippen LogP contribution in [0.3, 0.4) is 0 Å². The Morgan fingerprint density at radius 2 is 1.85 bits per heavy atom. The monoisotopic (exact) mass is 352 g/mol. The summed E-state index contributed by atoms with van der Waals surface area (Å²) in [6.45, 7) is 8.00. The van der Waals surface area contributed by atoms with Crippen molar-refractivity contribution in [2.45, 2.75) is 25.8 Å². The summed E-state index contributed by atoms with van der Waals surface area (Å²) in [5, 5.41) is 0. The lowest BCUT2D eigenvalue weighted by atomic mass is 10.0. The number of nitrogens with one attached hydrogen (secondary N) is 1. The van der Waals surface area contributed by atoms with Gasteiger partial charge >= 0.3 is 0 Å². The van der Waals surface area contributed by atoms with E-state index in [2.05, 4.69) is 45.1 Å². The minimum atomic E-state index is 0.144. The number of aryl methyl sites for hydroxylation is 1. The molecule has 4 rings (SSSR count). The Hall–Kier alpha value is -2.27. The predicted octanol–water partition coefficient (Wildman–Crippen LogP) is 2.75. The fourth-order valence-corrected chi connectivity index (χ4v) is 4.22. The van der Waals surface area contributed by atoms with Crippen LogP contribution in [0.5, 0.6) is 0 Å². The maximum atomic E-state index is 12.7. The molecule has 2 aromatic rings. The fourth-order valence-electron chi connectivity index (χ4n) is 4.22. The molecule has 1 aromatic heterocycles. The Balaban J connectivity index is 1.34. The molecule has 1 atom stereocenters. The number of nitrogens with zero attached hydrogens (tertiary/aromatic N) is 3.